The molecule has 7 nitrogen and oxygen atoms in total. The second-order valence-electron chi connectivity index (χ2n) is 7.82. The van der Waals surface area contributed by atoms with E-state index in [-0.39, 0.29) is 30.0 Å². The van der Waals surface area contributed by atoms with Crippen molar-refractivity contribution in [2.24, 2.45) is 0 Å². The van der Waals surface area contributed by atoms with Crippen molar-refractivity contribution in [2.45, 2.75) is 51.9 Å². The van der Waals surface area contributed by atoms with Crippen LogP contribution in [0.3, 0.4) is 0 Å². The Morgan fingerprint density at radius 3 is 2.68 bits per heavy atom. The van der Waals surface area contributed by atoms with Crippen LogP contribution in [0.1, 0.15) is 46.4 Å². The molecule has 0 spiro atoms. The van der Waals surface area contributed by atoms with Gasteiger partial charge in [0.05, 0.1) is 34.5 Å². The van der Waals surface area contributed by atoms with E-state index in [4.69, 9.17) is 4.74 Å². The molecule has 31 heavy (non-hydrogen) atoms. The fourth-order valence-electron chi connectivity index (χ4n) is 3.89. The Morgan fingerprint density at radius 1 is 1.26 bits per heavy atom. The molecular formula is C22H24F2N4O3. The Labute approximate surface area is 178 Å². The largest absolute Gasteiger partial charge is 0.473 e. The maximum atomic E-state index is 13.9. The molecule has 0 saturated heterocycles. The molecule has 3 N–H and O–H groups in total. The highest BCUT2D eigenvalue weighted by atomic mass is 19.1. The van der Waals surface area contributed by atoms with Crippen molar-refractivity contribution in [1.82, 2.24) is 20.5 Å². The standard InChI is InChI=1S/C22H24F2N4O3/c1-12-9-18-21(22(30)26-25-17-7-4-8-19(17)29)13(2)27-28(18)20(10-12)31-11-14-15(23)5-3-6-16(14)24/h3,5-6,9-10,17,19,25,29H,4,7-8,11H2,1-2H3,(H,26,30). The summed E-state index contributed by atoms with van der Waals surface area (Å²) in [4.78, 5) is 12.8. The Bertz CT molecular complexity index is 1110. The molecule has 0 bridgehead atoms. The third kappa shape index (κ3) is 4.24. The van der Waals surface area contributed by atoms with Gasteiger partial charge in [0.25, 0.3) is 5.91 Å². The van der Waals surface area contributed by atoms with Crippen molar-refractivity contribution < 1.29 is 23.4 Å². The number of nitrogens with zero attached hydrogens (tertiary/aromatic N) is 2. The van der Waals surface area contributed by atoms with E-state index in [1.54, 1.807) is 19.1 Å². The number of aromatic nitrogens is 2. The lowest BCUT2D eigenvalue weighted by atomic mass is 10.1. The number of hydrazine groups is 1. The molecule has 4 rings (SSSR count). The number of fused-ring (bicyclic) bond motifs is 1. The number of benzene rings is 1. The van der Waals surface area contributed by atoms with Crippen LogP contribution in [0.15, 0.2) is 30.3 Å². The second-order valence-corrected chi connectivity index (χ2v) is 7.82. The zero-order chi connectivity index (χ0) is 22.1. The lowest BCUT2D eigenvalue weighted by Gasteiger charge is -2.17. The number of nitrogens with one attached hydrogen (secondary N) is 2. The van der Waals surface area contributed by atoms with Crippen LogP contribution in [0.25, 0.3) is 5.52 Å². The average molecular weight is 430 g/mol. The Morgan fingerprint density at radius 2 is 2.00 bits per heavy atom. The molecule has 2 aromatic heterocycles. The minimum Gasteiger partial charge on any atom is -0.473 e. The number of halogens is 2. The molecule has 1 aromatic carbocycles. The lowest BCUT2D eigenvalue weighted by Crippen LogP contribution is -2.47. The highest BCUT2D eigenvalue weighted by Gasteiger charge is 2.26. The normalized spacial score (nSPS) is 18.5. The highest BCUT2D eigenvalue weighted by Crippen LogP contribution is 2.25. The number of aliphatic hydroxyl groups excluding tert-OH is 1. The summed E-state index contributed by atoms with van der Waals surface area (Å²) in [6.45, 7) is 3.20. The first-order chi connectivity index (χ1) is 14.8. The number of carbonyl (C=O) groups excluding carboxylic acids is 1. The van der Waals surface area contributed by atoms with Gasteiger partial charge < -0.3 is 9.84 Å². The maximum Gasteiger partial charge on any atom is 0.269 e. The summed E-state index contributed by atoms with van der Waals surface area (Å²) in [5.41, 5.74) is 7.50. The molecule has 1 aliphatic carbocycles. The quantitative estimate of drug-likeness (QED) is 0.524. The minimum atomic E-state index is -0.694. The predicted octanol–water partition coefficient (Wildman–Crippen LogP) is 2.96. The van der Waals surface area contributed by atoms with E-state index in [0.717, 1.165) is 18.4 Å². The number of hydrogen-bond acceptors (Lipinski definition) is 5. The fourth-order valence-corrected chi connectivity index (χ4v) is 3.89. The van der Waals surface area contributed by atoms with Crippen molar-refractivity contribution >= 4 is 11.4 Å². The molecular weight excluding hydrogens is 406 g/mol. The van der Waals surface area contributed by atoms with Crippen molar-refractivity contribution in [3.8, 4) is 5.88 Å². The van der Waals surface area contributed by atoms with Crippen molar-refractivity contribution in [3.05, 3.63) is 64.4 Å². The molecule has 9 heteroatoms. The number of hydrogen-bond donors (Lipinski definition) is 3. The highest BCUT2D eigenvalue weighted by molar-refractivity contribution is 6.02. The van der Waals surface area contributed by atoms with Gasteiger partial charge in [-0.3, -0.25) is 10.2 Å². The van der Waals surface area contributed by atoms with Crippen LogP contribution in [-0.4, -0.2) is 32.8 Å². The summed E-state index contributed by atoms with van der Waals surface area (Å²) in [6.07, 6.45) is 1.88. The van der Waals surface area contributed by atoms with Gasteiger partial charge in [0.15, 0.2) is 0 Å². The smallest absolute Gasteiger partial charge is 0.269 e. The van der Waals surface area contributed by atoms with Crippen LogP contribution in [0, 0.1) is 25.5 Å². The van der Waals surface area contributed by atoms with Crippen LogP contribution in [-0.2, 0) is 6.61 Å². The van der Waals surface area contributed by atoms with E-state index < -0.39 is 17.7 Å². The van der Waals surface area contributed by atoms with Crippen molar-refractivity contribution in [2.75, 3.05) is 0 Å². The molecule has 1 saturated carbocycles. The molecule has 2 heterocycles. The zero-order valence-corrected chi connectivity index (χ0v) is 17.3. The summed E-state index contributed by atoms with van der Waals surface area (Å²) in [5, 5.41) is 14.3. The Hall–Kier alpha value is -3.04. The average Bonchev–Trinajstić information content (AvgIpc) is 3.27. The Kier molecular flexibility index (Phi) is 5.88. The zero-order valence-electron chi connectivity index (χ0n) is 17.3. The molecule has 3 aromatic rings. The third-order valence-corrected chi connectivity index (χ3v) is 5.52. The summed E-state index contributed by atoms with van der Waals surface area (Å²) < 4.78 is 35.0. The Balaban J connectivity index is 1.59. The van der Waals surface area contributed by atoms with Crippen LogP contribution < -0.4 is 15.6 Å². The van der Waals surface area contributed by atoms with Gasteiger partial charge in [0.1, 0.15) is 18.2 Å². The van der Waals surface area contributed by atoms with Gasteiger partial charge >= 0.3 is 0 Å². The monoisotopic (exact) mass is 430 g/mol. The molecule has 0 aliphatic heterocycles. The molecule has 2 atom stereocenters. The SMILES string of the molecule is Cc1cc(OCc2c(F)cccc2F)n2nc(C)c(C(=O)NNC3CCCC3O)c2c1. The number of ether oxygens (including phenoxy) is 1. The van der Waals surface area contributed by atoms with Gasteiger partial charge in [-0.05, 0) is 56.9 Å². The van der Waals surface area contributed by atoms with E-state index in [1.807, 2.05) is 6.92 Å². The fraction of sp³-hybridized carbons (Fsp3) is 0.364. The third-order valence-electron chi connectivity index (χ3n) is 5.52. The summed E-state index contributed by atoms with van der Waals surface area (Å²) in [7, 11) is 0. The van der Waals surface area contributed by atoms with Gasteiger partial charge in [-0.25, -0.2) is 14.2 Å². The van der Waals surface area contributed by atoms with Crippen LogP contribution in [0.5, 0.6) is 5.88 Å². The molecule has 164 valence electrons. The molecule has 1 aliphatic rings. The number of aliphatic hydroxyl groups is 1. The number of pyridine rings is 1. The molecule has 2 unspecified atom stereocenters. The van der Waals surface area contributed by atoms with E-state index in [9.17, 15) is 18.7 Å². The topological polar surface area (TPSA) is 87.9 Å². The van der Waals surface area contributed by atoms with Gasteiger partial charge in [0, 0.05) is 6.07 Å². The first-order valence-electron chi connectivity index (χ1n) is 10.1. The number of rotatable bonds is 6. The first kappa shape index (κ1) is 21.2. The predicted molar refractivity (Wildman–Crippen MR) is 110 cm³/mol. The minimum absolute atomic E-state index is 0.182. The maximum absolute atomic E-state index is 13.9. The van der Waals surface area contributed by atoms with Crippen LogP contribution >= 0.6 is 0 Å². The summed E-state index contributed by atoms with van der Waals surface area (Å²) >= 11 is 0. The van der Waals surface area contributed by atoms with Gasteiger partial charge in [-0.1, -0.05) is 6.07 Å². The van der Waals surface area contributed by atoms with E-state index in [2.05, 4.69) is 16.0 Å². The number of aryl methyl sites for hydroxylation is 2. The molecule has 1 fully saturated rings. The first-order valence-corrected chi connectivity index (χ1v) is 10.1. The van der Waals surface area contributed by atoms with Crippen LogP contribution in [0.2, 0.25) is 0 Å². The van der Waals surface area contributed by atoms with Gasteiger partial charge in [0.2, 0.25) is 5.88 Å². The van der Waals surface area contributed by atoms with Crippen LogP contribution in [0.4, 0.5) is 8.78 Å². The molecule has 0 radical (unpaired) electrons. The van der Waals surface area contributed by atoms with Gasteiger partial charge in [-0.15, -0.1) is 0 Å². The number of amides is 1. The van der Waals surface area contributed by atoms with E-state index >= 15 is 0 Å². The summed E-state index contributed by atoms with van der Waals surface area (Å²) in [6, 6.07) is 6.91. The number of carbonyl (C=O) groups is 1. The van der Waals surface area contributed by atoms with Gasteiger partial charge in [-0.2, -0.15) is 9.61 Å². The van der Waals surface area contributed by atoms with Crippen molar-refractivity contribution in [3.63, 3.8) is 0 Å². The van der Waals surface area contributed by atoms with Crippen molar-refractivity contribution in [1.29, 1.82) is 0 Å². The molecule has 1 amide bonds. The second kappa shape index (κ2) is 8.60. The lowest BCUT2D eigenvalue weighted by molar-refractivity contribution is 0.0892. The van der Waals surface area contributed by atoms with E-state index in [0.29, 0.717) is 23.2 Å². The summed E-state index contributed by atoms with van der Waals surface area (Å²) in [5.74, 6) is -1.51. The van der Waals surface area contributed by atoms with E-state index in [1.165, 1.54) is 22.7 Å².